The van der Waals surface area contributed by atoms with Crippen LogP contribution in [0.2, 0.25) is 0 Å². The van der Waals surface area contributed by atoms with E-state index in [9.17, 15) is 4.79 Å². The lowest BCUT2D eigenvalue weighted by Gasteiger charge is -2.34. The number of aryl methyl sites for hydroxylation is 1. The summed E-state index contributed by atoms with van der Waals surface area (Å²) in [4.78, 5) is 20.7. The van der Waals surface area contributed by atoms with Crippen LogP contribution in [0.3, 0.4) is 0 Å². The van der Waals surface area contributed by atoms with E-state index in [4.69, 9.17) is 4.74 Å². The summed E-state index contributed by atoms with van der Waals surface area (Å²) in [6.45, 7) is 7.25. The summed E-state index contributed by atoms with van der Waals surface area (Å²) >= 11 is 1.85. The molecule has 2 fully saturated rings. The standard InChI is InChI=1S/C24H33N3O2S/c28-24-22-17-30-15-8-20(22)21-16-19(4-5-23(21)25-24)29-18-6-11-27(12-7-18)14-13-26-9-2-1-3-10-26/h4-5,16,18H,1-3,6-15,17H2,(H,25,28). The zero-order valence-corrected chi connectivity index (χ0v) is 18.6. The highest BCUT2D eigenvalue weighted by atomic mass is 32.2. The zero-order valence-electron chi connectivity index (χ0n) is 17.8. The van der Waals surface area contributed by atoms with Crippen LogP contribution < -0.4 is 10.3 Å². The number of aromatic nitrogens is 1. The highest BCUT2D eigenvalue weighted by Crippen LogP contribution is 2.30. The molecule has 3 aliphatic heterocycles. The lowest BCUT2D eigenvalue weighted by atomic mass is 10.0. The molecule has 6 heteroatoms. The van der Waals surface area contributed by atoms with Crippen LogP contribution in [-0.4, -0.2) is 65.9 Å². The fourth-order valence-electron chi connectivity index (χ4n) is 5.15. The molecule has 4 heterocycles. The fourth-order valence-corrected chi connectivity index (χ4v) is 6.15. The van der Waals surface area contributed by atoms with Gasteiger partial charge in [-0.1, -0.05) is 6.42 Å². The Labute approximate surface area is 183 Å². The number of benzene rings is 1. The van der Waals surface area contributed by atoms with Gasteiger partial charge in [-0.05, 0) is 74.7 Å². The molecule has 0 bridgehead atoms. The molecule has 30 heavy (non-hydrogen) atoms. The molecule has 0 spiro atoms. The van der Waals surface area contributed by atoms with Crippen LogP contribution in [0.4, 0.5) is 0 Å². The summed E-state index contributed by atoms with van der Waals surface area (Å²) in [6, 6.07) is 6.19. The van der Waals surface area contributed by atoms with Crippen molar-refractivity contribution >= 4 is 22.7 Å². The van der Waals surface area contributed by atoms with Gasteiger partial charge in [0.1, 0.15) is 11.9 Å². The predicted octanol–water partition coefficient (Wildman–Crippen LogP) is 3.65. The molecule has 1 N–H and O–H groups in total. The van der Waals surface area contributed by atoms with E-state index in [-0.39, 0.29) is 5.56 Å². The van der Waals surface area contributed by atoms with Gasteiger partial charge in [0.2, 0.25) is 0 Å². The zero-order chi connectivity index (χ0) is 20.3. The van der Waals surface area contributed by atoms with Crippen molar-refractivity contribution in [2.45, 2.75) is 50.4 Å². The van der Waals surface area contributed by atoms with Crippen molar-refractivity contribution < 1.29 is 4.74 Å². The number of hydrogen-bond acceptors (Lipinski definition) is 5. The number of likely N-dealkylation sites (tertiary alicyclic amines) is 2. The van der Waals surface area contributed by atoms with Crippen molar-refractivity contribution in [3.8, 4) is 5.75 Å². The minimum Gasteiger partial charge on any atom is -0.490 e. The van der Waals surface area contributed by atoms with Gasteiger partial charge in [0.15, 0.2) is 0 Å². The first-order valence-corrected chi connectivity index (χ1v) is 12.8. The van der Waals surface area contributed by atoms with E-state index in [0.717, 1.165) is 60.7 Å². The van der Waals surface area contributed by atoms with Crippen molar-refractivity contribution in [2.75, 3.05) is 45.0 Å². The molecule has 162 valence electrons. The van der Waals surface area contributed by atoms with Crippen LogP contribution in [0.25, 0.3) is 10.9 Å². The van der Waals surface area contributed by atoms with Gasteiger partial charge in [0, 0.05) is 48.4 Å². The molecule has 2 aromatic rings. The molecule has 3 aliphatic rings. The van der Waals surface area contributed by atoms with E-state index in [0.29, 0.717) is 6.10 Å². The SMILES string of the molecule is O=c1[nH]c2ccc(OC3CCN(CCN4CCCCC4)CC3)cc2c2c1CSCC2. The Morgan fingerprint density at radius 3 is 2.57 bits per heavy atom. The predicted molar refractivity (Wildman–Crippen MR) is 125 cm³/mol. The maximum atomic E-state index is 12.4. The minimum atomic E-state index is 0.0790. The Hall–Kier alpha value is -1.50. The molecular formula is C24H33N3O2S. The second kappa shape index (κ2) is 9.33. The molecule has 0 saturated carbocycles. The number of hydrogen-bond donors (Lipinski definition) is 1. The van der Waals surface area contributed by atoms with Gasteiger partial charge in [-0.25, -0.2) is 0 Å². The highest BCUT2D eigenvalue weighted by Gasteiger charge is 2.22. The van der Waals surface area contributed by atoms with Gasteiger partial charge in [-0.2, -0.15) is 11.8 Å². The van der Waals surface area contributed by atoms with Gasteiger partial charge >= 0.3 is 0 Å². The number of H-pyrrole nitrogens is 1. The van der Waals surface area contributed by atoms with Crippen LogP contribution in [-0.2, 0) is 12.2 Å². The summed E-state index contributed by atoms with van der Waals surface area (Å²) < 4.78 is 6.39. The summed E-state index contributed by atoms with van der Waals surface area (Å²) in [6.07, 6.45) is 7.61. The third kappa shape index (κ3) is 4.56. The maximum absolute atomic E-state index is 12.4. The Bertz CT molecular complexity index is 930. The molecule has 5 nitrogen and oxygen atoms in total. The van der Waals surface area contributed by atoms with E-state index in [1.165, 1.54) is 56.4 Å². The number of rotatable bonds is 5. The van der Waals surface area contributed by atoms with Crippen molar-refractivity contribution in [1.29, 1.82) is 0 Å². The second-order valence-electron chi connectivity index (χ2n) is 8.98. The van der Waals surface area contributed by atoms with Gasteiger partial charge < -0.3 is 19.5 Å². The molecule has 0 aliphatic carbocycles. The van der Waals surface area contributed by atoms with E-state index >= 15 is 0 Å². The Kier molecular flexibility index (Phi) is 6.34. The van der Waals surface area contributed by atoms with Crippen molar-refractivity contribution in [1.82, 2.24) is 14.8 Å². The Morgan fingerprint density at radius 1 is 1.00 bits per heavy atom. The average molecular weight is 428 g/mol. The summed E-state index contributed by atoms with van der Waals surface area (Å²) in [5, 5.41) is 1.17. The van der Waals surface area contributed by atoms with Crippen LogP contribution in [0.5, 0.6) is 5.75 Å². The van der Waals surface area contributed by atoms with E-state index in [1.807, 2.05) is 23.9 Å². The lowest BCUT2D eigenvalue weighted by molar-refractivity contribution is 0.0906. The van der Waals surface area contributed by atoms with Gasteiger partial charge in [-0.3, -0.25) is 4.79 Å². The molecule has 0 amide bonds. The molecule has 2 saturated heterocycles. The van der Waals surface area contributed by atoms with Crippen molar-refractivity contribution in [3.63, 3.8) is 0 Å². The number of piperidine rings is 2. The molecule has 0 atom stereocenters. The molecule has 0 radical (unpaired) electrons. The summed E-state index contributed by atoms with van der Waals surface area (Å²) in [5.41, 5.74) is 3.20. The third-order valence-electron chi connectivity index (χ3n) is 6.96. The van der Waals surface area contributed by atoms with Crippen LogP contribution in [0, 0.1) is 0 Å². The topological polar surface area (TPSA) is 48.6 Å². The van der Waals surface area contributed by atoms with E-state index in [2.05, 4.69) is 20.9 Å². The van der Waals surface area contributed by atoms with Crippen LogP contribution in [0.15, 0.2) is 23.0 Å². The second-order valence-corrected chi connectivity index (χ2v) is 10.1. The number of thioether (sulfide) groups is 1. The summed E-state index contributed by atoms with van der Waals surface area (Å²) in [7, 11) is 0. The summed E-state index contributed by atoms with van der Waals surface area (Å²) in [5.74, 6) is 2.86. The van der Waals surface area contributed by atoms with E-state index < -0.39 is 0 Å². The number of ether oxygens (including phenoxy) is 1. The molecular weight excluding hydrogens is 394 g/mol. The van der Waals surface area contributed by atoms with Crippen molar-refractivity contribution in [2.24, 2.45) is 0 Å². The Morgan fingerprint density at radius 2 is 1.77 bits per heavy atom. The number of pyridine rings is 1. The van der Waals surface area contributed by atoms with Crippen LogP contribution in [0.1, 0.15) is 43.2 Å². The Balaban J connectivity index is 1.19. The van der Waals surface area contributed by atoms with Gasteiger partial charge in [0.25, 0.3) is 5.56 Å². The number of fused-ring (bicyclic) bond motifs is 3. The highest BCUT2D eigenvalue weighted by molar-refractivity contribution is 7.98. The first kappa shape index (κ1) is 20.4. The van der Waals surface area contributed by atoms with E-state index in [1.54, 1.807) is 0 Å². The number of nitrogens with zero attached hydrogens (tertiary/aromatic N) is 2. The minimum absolute atomic E-state index is 0.0790. The number of nitrogens with one attached hydrogen (secondary N) is 1. The fraction of sp³-hybridized carbons (Fsp3) is 0.625. The van der Waals surface area contributed by atoms with Crippen LogP contribution >= 0.6 is 11.8 Å². The number of aromatic amines is 1. The quantitative estimate of drug-likeness (QED) is 0.789. The average Bonchev–Trinajstić information content (AvgIpc) is 2.80. The van der Waals surface area contributed by atoms with Gasteiger partial charge in [-0.15, -0.1) is 0 Å². The molecule has 0 unspecified atom stereocenters. The molecule has 1 aromatic carbocycles. The molecule has 5 rings (SSSR count). The van der Waals surface area contributed by atoms with Gasteiger partial charge in [0.05, 0.1) is 0 Å². The third-order valence-corrected chi connectivity index (χ3v) is 7.95. The van der Waals surface area contributed by atoms with Crippen molar-refractivity contribution in [3.05, 3.63) is 39.7 Å². The molecule has 1 aromatic heterocycles. The monoisotopic (exact) mass is 427 g/mol. The lowest BCUT2D eigenvalue weighted by Crippen LogP contribution is -2.43. The first-order chi connectivity index (χ1) is 14.8. The maximum Gasteiger partial charge on any atom is 0.252 e. The normalized spacial score (nSPS) is 21.6. The first-order valence-electron chi connectivity index (χ1n) is 11.6. The largest absolute Gasteiger partial charge is 0.490 e. The smallest absolute Gasteiger partial charge is 0.252 e.